The summed E-state index contributed by atoms with van der Waals surface area (Å²) in [4.78, 5) is 5.34. The Morgan fingerprint density at radius 2 is 1.72 bits per heavy atom. The topological polar surface area (TPSA) is 15.7 Å². The van der Waals surface area contributed by atoms with Gasteiger partial charge in [0.15, 0.2) is 0 Å². The monoisotopic (exact) mass is 254 g/mol. The lowest BCUT2D eigenvalue weighted by Gasteiger charge is -2.36. The Kier molecular flexibility index (Phi) is 5.93. The van der Waals surface area contributed by atoms with Gasteiger partial charge in [-0.3, -0.25) is 0 Å². The lowest BCUT2D eigenvalue weighted by molar-refractivity contribution is 0.0642. The van der Waals surface area contributed by atoms with Crippen LogP contribution in [0.2, 0.25) is 0 Å². The summed E-state index contributed by atoms with van der Waals surface area (Å²) in [5, 5.41) is 0. The van der Waals surface area contributed by atoms with Crippen LogP contribution in [0.15, 0.2) is 0 Å². The van der Waals surface area contributed by atoms with Crippen LogP contribution < -0.4 is 0 Å². The fourth-order valence-electron chi connectivity index (χ4n) is 3.22. The molecule has 0 aromatic rings. The second-order valence-corrected chi connectivity index (χ2v) is 6.09. The third-order valence-corrected chi connectivity index (χ3v) is 4.28. The third-order valence-electron chi connectivity index (χ3n) is 4.28. The van der Waals surface area contributed by atoms with Crippen LogP contribution in [-0.2, 0) is 4.74 Å². The molecule has 0 spiro atoms. The fraction of sp³-hybridized carbons (Fsp3) is 1.00. The first-order chi connectivity index (χ1) is 8.75. The summed E-state index contributed by atoms with van der Waals surface area (Å²) >= 11 is 0. The van der Waals surface area contributed by atoms with Gasteiger partial charge in [-0.05, 0) is 72.1 Å². The molecule has 2 heterocycles. The van der Waals surface area contributed by atoms with E-state index in [1.165, 1.54) is 64.8 Å². The van der Waals surface area contributed by atoms with E-state index in [0.29, 0.717) is 6.10 Å². The van der Waals surface area contributed by atoms with Gasteiger partial charge in [-0.1, -0.05) is 0 Å². The van der Waals surface area contributed by atoms with Crippen LogP contribution in [0.25, 0.3) is 0 Å². The number of likely N-dealkylation sites (tertiary alicyclic amines) is 2. The average Bonchev–Trinajstić information content (AvgIpc) is 2.89. The predicted molar refractivity (Wildman–Crippen MR) is 76.0 cm³/mol. The molecule has 0 aliphatic carbocycles. The normalized spacial score (nSPS) is 24.2. The van der Waals surface area contributed by atoms with E-state index >= 15 is 0 Å². The Morgan fingerprint density at radius 3 is 2.33 bits per heavy atom. The molecule has 2 aliphatic heterocycles. The van der Waals surface area contributed by atoms with Crippen LogP contribution in [0.3, 0.4) is 0 Å². The van der Waals surface area contributed by atoms with E-state index in [2.05, 4.69) is 23.6 Å². The Morgan fingerprint density at radius 1 is 1.06 bits per heavy atom. The summed E-state index contributed by atoms with van der Waals surface area (Å²) in [7, 11) is 0. The van der Waals surface area contributed by atoms with E-state index in [1.54, 1.807) is 0 Å². The highest BCUT2D eigenvalue weighted by Gasteiger charge is 2.25. The number of nitrogens with zero attached hydrogens (tertiary/aromatic N) is 2. The fourth-order valence-corrected chi connectivity index (χ4v) is 3.22. The van der Waals surface area contributed by atoms with Crippen LogP contribution in [-0.4, -0.2) is 61.3 Å². The number of hydrogen-bond donors (Lipinski definition) is 0. The van der Waals surface area contributed by atoms with Gasteiger partial charge in [0.05, 0.1) is 6.10 Å². The van der Waals surface area contributed by atoms with Gasteiger partial charge in [-0.15, -0.1) is 0 Å². The maximum atomic E-state index is 5.60. The molecule has 2 fully saturated rings. The SMILES string of the molecule is CC(C)OCCCN1CCC(N2CCCC2)CC1. The molecular weight excluding hydrogens is 224 g/mol. The summed E-state index contributed by atoms with van der Waals surface area (Å²) in [6.07, 6.45) is 7.17. The van der Waals surface area contributed by atoms with Gasteiger partial charge < -0.3 is 14.5 Å². The first-order valence-corrected chi connectivity index (χ1v) is 7.83. The minimum Gasteiger partial charge on any atom is -0.379 e. The Balaban J connectivity index is 1.55. The number of hydrogen-bond acceptors (Lipinski definition) is 3. The number of ether oxygens (including phenoxy) is 1. The molecule has 106 valence electrons. The molecule has 2 rings (SSSR count). The molecule has 0 saturated carbocycles. The average molecular weight is 254 g/mol. The molecule has 0 amide bonds. The molecule has 0 radical (unpaired) electrons. The maximum Gasteiger partial charge on any atom is 0.0518 e. The van der Waals surface area contributed by atoms with Crippen molar-refractivity contribution in [3.8, 4) is 0 Å². The van der Waals surface area contributed by atoms with E-state index in [1.807, 2.05) is 0 Å². The van der Waals surface area contributed by atoms with Gasteiger partial charge in [-0.25, -0.2) is 0 Å². The van der Waals surface area contributed by atoms with Crippen LogP contribution in [0.4, 0.5) is 0 Å². The smallest absolute Gasteiger partial charge is 0.0518 e. The lowest BCUT2D eigenvalue weighted by atomic mass is 10.0. The van der Waals surface area contributed by atoms with Crippen molar-refractivity contribution in [2.24, 2.45) is 0 Å². The molecule has 3 nitrogen and oxygen atoms in total. The standard InChI is InChI=1S/C15H30N2O/c1-14(2)18-13-5-8-16-11-6-15(7-12-16)17-9-3-4-10-17/h14-15H,3-13H2,1-2H3. The second-order valence-electron chi connectivity index (χ2n) is 6.09. The minimum absolute atomic E-state index is 0.380. The molecule has 0 bridgehead atoms. The zero-order valence-corrected chi connectivity index (χ0v) is 12.2. The van der Waals surface area contributed by atoms with Crippen LogP contribution >= 0.6 is 0 Å². The largest absolute Gasteiger partial charge is 0.379 e. The molecule has 0 unspecified atom stereocenters. The molecule has 0 aromatic carbocycles. The maximum absolute atomic E-state index is 5.60. The van der Waals surface area contributed by atoms with E-state index in [4.69, 9.17) is 4.74 Å². The molecular formula is C15H30N2O. The first-order valence-electron chi connectivity index (χ1n) is 7.83. The first kappa shape index (κ1) is 14.3. The Bertz CT molecular complexity index is 219. The van der Waals surface area contributed by atoms with Crippen LogP contribution in [0.5, 0.6) is 0 Å². The zero-order chi connectivity index (χ0) is 12.8. The van der Waals surface area contributed by atoms with Crippen LogP contribution in [0, 0.1) is 0 Å². The van der Waals surface area contributed by atoms with E-state index in [0.717, 1.165) is 12.6 Å². The van der Waals surface area contributed by atoms with Gasteiger partial charge in [0.25, 0.3) is 0 Å². The highest BCUT2D eigenvalue weighted by atomic mass is 16.5. The molecule has 0 N–H and O–H groups in total. The molecule has 2 saturated heterocycles. The summed E-state index contributed by atoms with van der Waals surface area (Å²) in [6, 6.07) is 0.885. The zero-order valence-electron chi connectivity index (χ0n) is 12.2. The molecule has 18 heavy (non-hydrogen) atoms. The molecule has 0 atom stereocenters. The summed E-state index contributed by atoms with van der Waals surface area (Å²) < 4.78 is 5.60. The highest BCUT2D eigenvalue weighted by Crippen LogP contribution is 2.20. The summed E-state index contributed by atoms with van der Waals surface area (Å²) in [5.74, 6) is 0. The highest BCUT2D eigenvalue weighted by molar-refractivity contribution is 4.82. The van der Waals surface area contributed by atoms with Crippen molar-refractivity contribution in [2.75, 3.05) is 39.3 Å². The van der Waals surface area contributed by atoms with Crippen molar-refractivity contribution in [3.05, 3.63) is 0 Å². The van der Waals surface area contributed by atoms with Crippen LogP contribution in [0.1, 0.15) is 46.0 Å². The van der Waals surface area contributed by atoms with Crippen molar-refractivity contribution < 1.29 is 4.74 Å². The third kappa shape index (κ3) is 4.52. The predicted octanol–water partition coefficient (Wildman–Crippen LogP) is 2.36. The summed E-state index contributed by atoms with van der Waals surface area (Å²) in [5.41, 5.74) is 0. The van der Waals surface area contributed by atoms with Gasteiger partial charge in [0, 0.05) is 19.2 Å². The van der Waals surface area contributed by atoms with E-state index in [-0.39, 0.29) is 0 Å². The molecule has 3 heteroatoms. The quantitative estimate of drug-likeness (QED) is 0.677. The van der Waals surface area contributed by atoms with Crippen molar-refractivity contribution in [3.63, 3.8) is 0 Å². The number of rotatable bonds is 6. The van der Waals surface area contributed by atoms with E-state index in [9.17, 15) is 0 Å². The second kappa shape index (κ2) is 7.46. The molecule has 2 aliphatic rings. The van der Waals surface area contributed by atoms with Gasteiger partial charge in [-0.2, -0.15) is 0 Å². The lowest BCUT2D eigenvalue weighted by Crippen LogP contribution is -2.44. The van der Waals surface area contributed by atoms with Crippen molar-refractivity contribution in [2.45, 2.75) is 58.1 Å². The summed E-state index contributed by atoms with van der Waals surface area (Å²) in [6.45, 7) is 11.7. The van der Waals surface area contributed by atoms with E-state index < -0.39 is 0 Å². The van der Waals surface area contributed by atoms with Gasteiger partial charge in [0.1, 0.15) is 0 Å². The van der Waals surface area contributed by atoms with Crippen molar-refractivity contribution in [1.82, 2.24) is 9.80 Å². The molecule has 0 aromatic heterocycles. The van der Waals surface area contributed by atoms with Crippen molar-refractivity contribution >= 4 is 0 Å². The van der Waals surface area contributed by atoms with Crippen molar-refractivity contribution in [1.29, 1.82) is 0 Å². The Labute approximate surface area is 112 Å². The Hall–Kier alpha value is -0.120. The number of piperidine rings is 1. The van der Waals surface area contributed by atoms with Gasteiger partial charge in [0.2, 0.25) is 0 Å². The minimum atomic E-state index is 0.380. The van der Waals surface area contributed by atoms with Gasteiger partial charge >= 0.3 is 0 Å².